The maximum atomic E-state index is 5.80. The minimum absolute atomic E-state index is 0.160. The number of nitrogens with zero attached hydrogens (tertiary/aromatic N) is 4. The second kappa shape index (κ2) is 5.82. The van der Waals surface area contributed by atoms with E-state index in [2.05, 4.69) is 34.0 Å². The van der Waals surface area contributed by atoms with Crippen molar-refractivity contribution >= 4 is 28.6 Å². The lowest BCUT2D eigenvalue weighted by atomic mass is 10.2. The molecule has 0 aliphatic rings. The summed E-state index contributed by atoms with van der Waals surface area (Å²) < 4.78 is 1.96. The molecule has 0 unspecified atom stereocenters. The quantitative estimate of drug-likeness (QED) is 0.513. The molecule has 0 fully saturated rings. The molecule has 2 aromatic heterocycles. The topological polar surface area (TPSA) is 69.6 Å². The van der Waals surface area contributed by atoms with E-state index >= 15 is 0 Å². The van der Waals surface area contributed by atoms with Crippen molar-refractivity contribution in [1.82, 2.24) is 19.5 Å². The Bertz CT molecular complexity index is 561. The van der Waals surface area contributed by atoms with E-state index in [0.29, 0.717) is 17.0 Å². The van der Waals surface area contributed by atoms with Gasteiger partial charge in [0, 0.05) is 6.54 Å². The minimum Gasteiger partial charge on any atom is -0.382 e. The summed E-state index contributed by atoms with van der Waals surface area (Å²) in [6, 6.07) is 0. The molecule has 0 bridgehead atoms. The average Bonchev–Trinajstić information content (AvgIpc) is 2.72. The van der Waals surface area contributed by atoms with Crippen molar-refractivity contribution in [2.45, 2.75) is 32.7 Å². The second-order valence-corrected chi connectivity index (χ2v) is 4.35. The summed E-state index contributed by atoms with van der Waals surface area (Å²) in [5, 5.41) is 0.160. The third-order valence-corrected chi connectivity index (χ3v) is 2.80. The van der Waals surface area contributed by atoms with Gasteiger partial charge in [-0.2, -0.15) is 9.97 Å². The number of hydrogen-bond acceptors (Lipinski definition) is 4. The van der Waals surface area contributed by atoms with Gasteiger partial charge < -0.3 is 10.3 Å². The number of imidazole rings is 1. The molecule has 0 radical (unpaired) electrons. The van der Waals surface area contributed by atoms with E-state index in [1.165, 1.54) is 0 Å². The fraction of sp³-hybridized carbons (Fsp3) is 0.417. The zero-order chi connectivity index (χ0) is 13.0. The van der Waals surface area contributed by atoms with E-state index in [9.17, 15) is 0 Å². The SMILES string of the molecule is CC/C=C/CCCn1cnc2c(N)nc(Cl)nc21. The van der Waals surface area contributed by atoms with E-state index in [4.69, 9.17) is 17.3 Å². The van der Waals surface area contributed by atoms with Gasteiger partial charge in [0.1, 0.15) is 5.52 Å². The van der Waals surface area contributed by atoms with Gasteiger partial charge in [0.2, 0.25) is 5.28 Å². The molecule has 18 heavy (non-hydrogen) atoms. The molecule has 0 saturated heterocycles. The van der Waals surface area contributed by atoms with Crippen LogP contribution in [0.15, 0.2) is 18.5 Å². The molecule has 5 nitrogen and oxygen atoms in total. The molecule has 0 saturated carbocycles. The normalized spacial score (nSPS) is 11.7. The van der Waals surface area contributed by atoms with Crippen molar-refractivity contribution in [3.8, 4) is 0 Å². The van der Waals surface area contributed by atoms with Crippen LogP contribution in [0.2, 0.25) is 5.28 Å². The van der Waals surface area contributed by atoms with Gasteiger partial charge in [-0.3, -0.25) is 0 Å². The summed E-state index contributed by atoms with van der Waals surface area (Å²) in [4.78, 5) is 12.3. The Morgan fingerprint density at radius 3 is 3.00 bits per heavy atom. The van der Waals surface area contributed by atoms with E-state index in [1.54, 1.807) is 6.33 Å². The number of fused-ring (bicyclic) bond motifs is 1. The Balaban J connectivity index is 2.12. The highest BCUT2D eigenvalue weighted by atomic mass is 35.5. The molecule has 2 N–H and O–H groups in total. The lowest BCUT2D eigenvalue weighted by Crippen LogP contribution is -2.00. The number of nitrogens with two attached hydrogens (primary N) is 1. The number of anilines is 1. The molecule has 0 spiro atoms. The van der Waals surface area contributed by atoms with Gasteiger partial charge in [-0.25, -0.2) is 4.98 Å². The van der Waals surface area contributed by atoms with Crippen LogP contribution in [0.3, 0.4) is 0 Å². The Morgan fingerprint density at radius 2 is 2.22 bits per heavy atom. The highest BCUT2D eigenvalue weighted by Gasteiger charge is 2.09. The van der Waals surface area contributed by atoms with Crippen LogP contribution in [0, 0.1) is 0 Å². The highest BCUT2D eigenvalue weighted by molar-refractivity contribution is 6.28. The number of unbranched alkanes of at least 4 members (excludes halogenated alkanes) is 1. The van der Waals surface area contributed by atoms with E-state index in [0.717, 1.165) is 25.8 Å². The van der Waals surface area contributed by atoms with Gasteiger partial charge in [0.25, 0.3) is 0 Å². The van der Waals surface area contributed by atoms with Crippen LogP contribution in [0.25, 0.3) is 11.2 Å². The van der Waals surface area contributed by atoms with Gasteiger partial charge in [0.15, 0.2) is 11.5 Å². The second-order valence-electron chi connectivity index (χ2n) is 4.01. The minimum atomic E-state index is 0.160. The molecule has 6 heteroatoms. The molecule has 0 atom stereocenters. The van der Waals surface area contributed by atoms with Crippen molar-refractivity contribution in [2.24, 2.45) is 0 Å². The Morgan fingerprint density at radius 1 is 1.39 bits per heavy atom. The summed E-state index contributed by atoms with van der Waals surface area (Å²) in [5.41, 5.74) is 7.06. The summed E-state index contributed by atoms with van der Waals surface area (Å²) in [6.45, 7) is 2.97. The molecule has 0 aliphatic heterocycles. The first-order valence-corrected chi connectivity index (χ1v) is 6.39. The third-order valence-electron chi connectivity index (χ3n) is 2.64. The van der Waals surface area contributed by atoms with Crippen LogP contribution in [0.1, 0.15) is 26.2 Å². The van der Waals surface area contributed by atoms with Crippen molar-refractivity contribution in [1.29, 1.82) is 0 Å². The number of halogens is 1. The molecule has 0 aliphatic carbocycles. The molecule has 96 valence electrons. The fourth-order valence-electron chi connectivity index (χ4n) is 1.77. The van der Waals surface area contributed by atoms with Gasteiger partial charge in [-0.15, -0.1) is 0 Å². The van der Waals surface area contributed by atoms with Crippen LogP contribution < -0.4 is 5.73 Å². The van der Waals surface area contributed by atoms with Crippen molar-refractivity contribution in [3.63, 3.8) is 0 Å². The van der Waals surface area contributed by atoms with Crippen LogP contribution in [-0.4, -0.2) is 19.5 Å². The molecule has 2 rings (SSSR count). The van der Waals surface area contributed by atoms with Crippen LogP contribution in [0.4, 0.5) is 5.82 Å². The van der Waals surface area contributed by atoms with E-state index in [-0.39, 0.29) is 5.28 Å². The number of aromatic nitrogens is 4. The first kappa shape index (κ1) is 12.8. The highest BCUT2D eigenvalue weighted by Crippen LogP contribution is 2.18. The monoisotopic (exact) mass is 265 g/mol. The summed E-state index contributed by atoms with van der Waals surface area (Å²) in [5.74, 6) is 0.328. The van der Waals surface area contributed by atoms with Crippen molar-refractivity contribution in [2.75, 3.05) is 5.73 Å². The summed E-state index contributed by atoms with van der Waals surface area (Å²) in [6.07, 6.45) is 9.24. The number of allylic oxidation sites excluding steroid dienone is 2. The van der Waals surface area contributed by atoms with Crippen LogP contribution >= 0.6 is 11.6 Å². The smallest absolute Gasteiger partial charge is 0.226 e. The van der Waals surface area contributed by atoms with E-state index in [1.807, 2.05) is 4.57 Å². The maximum Gasteiger partial charge on any atom is 0.226 e. The number of rotatable bonds is 5. The fourth-order valence-corrected chi connectivity index (χ4v) is 1.94. The molecule has 2 heterocycles. The standard InChI is InChI=1S/C12H16ClN5/c1-2-3-4-5-6-7-18-8-15-9-10(14)16-12(13)17-11(9)18/h3-4,8H,2,5-7H2,1H3,(H2,14,16,17)/b4-3+. The van der Waals surface area contributed by atoms with Crippen LogP contribution in [0.5, 0.6) is 0 Å². The Hall–Kier alpha value is -1.62. The first-order chi connectivity index (χ1) is 8.72. The molecule has 2 aromatic rings. The Kier molecular flexibility index (Phi) is 4.15. The van der Waals surface area contributed by atoms with Gasteiger partial charge in [0.05, 0.1) is 6.33 Å². The Labute approximate surface area is 111 Å². The number of aryl methyl sites for hydroxylation is 1. The van der Waals surface area contributed by atoms with Gasteiger partial charge in [-0.05, 0) is 30.9 Å². The predicted octanol–water partition coefficient (Wildman–Crippen LogP) is 2.81. The van der Waals surface area contributed by atoms with Crippen molar-refractivity contribution < 1.29 is 0 Å². The first-order valence-electron chi connectivity index (χ1n) is 6.01. The third kappa shape index (κ3) is 2.79. The van der Waals surface area contributed by atoms with Gasteiger partial charge in [-0.1, -0.05) is 19.1 Å². The largest absolute Gasteiger partial charge is 0.382 e. The summed E-state index contributed by atoms with van der Waals surface area (Å²) in [7, 11) is 0. The van der Waals surface area contributed by atoms with E-state index < -0.39 is 0 Å². The lowest BCUT2D eigenvalue weighted by Gasteiger charge is -2.02. The average molecular weight is 266 g/mol. The molecule has 0 aromatic carbocycles. The molecular weight excluding hydrogens is 250 g/mol. The molecular formula is C12H16ClN5. The maximum absolute atomic E-state index is 5.80. The molecule has 0 amide bonds. The van der Waals surface area contributed by atoms with Crippen molar-refractivity contribution in [3.05, 3.63) is 23.8 Å². The zero-order valence-corrected chi connectivity index (χ0v) is 11.1. The predicted molar refractivity (Wildman–Crippen MR) is 73.4 cm³/mol. The number of hydrogen-bond donors (Lipinski definition) is 1. The zero-order valence-electron chi connectivity index (χ0n) is 10.3. The lowest BCUT2D eigenvalue weighted by molar-refractivity contribution is 0.660. The van der Waals surface area contributed by atoms with Gasteiger partial charge >= 0.3 is 0 Å². The number of nitrogen functional groups attached to an aromatic ring is 1. The van der Waals surface area contributed by atoms with Crippen LogP contribution in [-0.2, 0) is 6.54 Å². The summed E-state index contributed by atoms with van der Waals surface area (Å²) >= 11 is 5.80.